The summed E-state index contributed by atoms with van der Waals surface area (Å²) in [6.07, 6.45) is 0. The van der Waals surface area contributed by atoms with Crippen molar-refractivity contribution in [3.63, 3.8) is 0 Å². The van der Waals surface area contributed by atoms with Crippen LogP contribution in [-0.4, -0.2) is 20.9 Å². The highest BCUT2D eigenvalue weighted by Gasteiger charge is 2.15. The second kappa shape index (κ2) is 7.03. The van der Waals surface area contributed by atoms with Crippen molar-refractivity contribution in [2.45, 2.75) is 20.4 Å². The Morgan fingerprint density at radius 2 is 1.92 bits per heavy atom. The van der Waals surface area contributed by atoms with Crippen LogP contribution in [0.5, 0.6) is 0 Å². The minimum absolute atomic E-state index is 0.259. The molecule has 2 aromatic carbocycles. The third-order valence-corrected chi connectivity index (χ3v) is 4.61. The van der Waals surface area contributed by atoms with Crippen LogP contribution >= 0.6 is 11.6 Å². The minimum atomic E-state index is -0.942. The number of hydrogen-bond acceptors (Lipinski definition) is 3. The molecule has 26 heavy (non-hydrogen) atoms. The molecule has 6 heteroatoms. The van der Waals surface area contributed by atoms with E-state index in [0.717, 1.165) is 28.1 Å². The summed E-state index contributed by atoms with van der Waals surface area (Å²) < 4.78 is 1.88. The van der Waals surface area contributed by atoms with E-state index in [4.69, 9.17) is 22.0 Å². The molecule has 0 saturated heterocycles. The zero-order valence-corrected chi connectivity index (χ0v) is 15.1. The number of carboxylic acids is 1. The van der Waals surface area contributed by atoms with Gasteiger partial charge in [-0.05, 0) is 49.2 Å². The molecule has 0 atom stereocenters. The second-order valence-corrected chi connectivity index (χ2v) is 6.42. The summed E-state index contributed by atoms with van der Waals surface area (Å²) in [6.45, 7) is 4.45. The van der Waals surface area contributed by atoms with Crippen molar-refractivity contribution in [1.29, 1.82) is 5.26 Å². The average molecular weight is 366 g/mol. The summed E-state index contributed by atoms with van der Waals surface area (Å²) in [6, 6.07) is 14.2. The molecule has 1 N–H and O–H groups in total. The number of rotatable bonds is 4. The van der Waals surface area contributed by atoms with Gasteiger partial charge in [0.25, 0.3) is 0 Å². The van der Waals surface area contributed by atoms with Gasteiger partial charge in [0, 0.05) is 11.3 Å². The molecule has 3 rings (SSSR count). The van der Waals surface area contributed by atoms with Crippen LogP contribution in [0.3, 0.4) is 0 Å². The van der Waals surface area contributed by atoms with E-state index < -0.39 is 5.97 Å². The van der Waals surface area contributed by atoms with Crippen LogP contribution in [0.2, 0.25) is 5.02 Å². The van der Waals surface area contributed by atoms with Gasteiger partial charge >= 0.3 is 5.97 Å². The van der Waals surface area contributed by atoms with E-state index in [2.05, 4.69) is 11.2 Å². The van der Waals surface area contributed by atoms with Crippen LogP contribution in [0.4, 0.5) is 0 Å². The van der Waals surface area contributed by atoms with Gasteiger partial charge < -0.3 is 5.11 Å². The molecule has 0 radical (unpaired) electrons. The predicted octanol–water partition coefficient (Wildman–Crippen LogP) is 4.44. The molecule has 3 aromatic rings. The number of aromatic carboxylic acids is 1. The van der Waals surface area contributed by atoms with Gasteiger partial charge in [-0.2, -0.15) is 10.4 Å². The Balaban J connectivity index is 1.94. The average Bonchev–Trinajstić information content (AvgIpc) is 2.89. The quantitative estimate of drug-likeness (QED) is 0.741. The number of nitrogens with zero attached hydrogens (tertiary/aromatic N) is 3. The zero-order chi connectivity index (χ0) is 18.8. The Morgan fingerprint density at radius 1 is 1.23 bits per heavy atom. The highest BCUT2D eigenvalue weighted by atomic mass is 35.5. The molecule has 0 aliphatic carbocycles. The van der Waals surface area contributed by atoms with Crippen molar-refractivity contribution in [3.05, 3.63) is 75.6 Å². The van der Waals surface area contributed by atoms with Crippen molar-refractivity contribution in [2.75, 3.05) is 0 Å². The first kappa shape index (κ1) is 17.7. The Hall–Kier alpha value is -3.10. The van der Waals surface area contributed by atoms with Crippen LogP contribution in [0.25, 0.3) is 11.1 Å². The van der Waals surface area contributed by atoms with Gasteiger partial charge in [-0.3, -0.25) is 4.68 Å². The highest BCUT2D eigenvalue weighted by molar-refractivity contribution is 6.32. The SMILES string of the molecule is Cc1nn(Cc2ccc(C(=O)O)cc2)c(C)c1-c1ccc(C#N)c(Cl)c1. The number of hydrogen-bond donors (Lipinski definition) is 1. The molecule has 130 valence electrons. The maximum atomic E-state index is 11.0. The first-order chi connectivity index (χ1) is 12.4. The van der Waals surface area contributed by atoms with E-state index >= 15 is 0 Å². The first-order valence-corrected chi connectivity index (χ1v) is 8.34. The molecule has 0 bridgehead atoms. The van der Waals surface area contributed by atoms with E-state index in [1.165, 1.54) is 0 Å². The second-order valence-electron chi connectivity index (χ2n) is 6.01. The van der Waals surface area contributed by atoms with E-state index in [0.29, 0.717) is 17.1 Å². The Kier molecular flexibility index (Phi) is 4.79. The molecule has 0 unspecified atom stereocenters. The summed E-state index contributed by atoms with van der Waals surface area (Å²) in [4.78, 5) is 11.0. The molecule has 0 aliphatic heterocycles. The summed E-state index contributed by atoms with van der Waals surface area (Å²) in [5.41, 5.74) is 5.41. The fraction of sp³-hybridized carbons (Fsp3) is 0.150. The van der Waals surface area contributed by atoms with Crippen molar-refractivity contribution in [1.82, 2.24) is 9.78 Å². The third kappa shape index (κ3) is 3.32. The number of halogens is 1. The number of aromatic nitrogens is 2. The number of carboxylic acid groups (broad SMARTS) is 1. The molecule has 0 fully saturated rings. The molecule has 0 saturated carbocycles. The lowest BCUT2D eigenvalue weighted by Crippen LogP contribution is -2.05. The van der Waals surface area contributed by atoms with Gasteiger partial charge in [0.05, 0.1) is 28.4 Å². The Bertz CT molecular complexity index is 1030. The van der Waals surface area contributed by atoms with Crippen molar-refractivity contribution < 1.29 is 9.90 Å². The highest BCUT2D eigenvalue weighted by Crippen LogP contribution is 2.30. The molecular weight excluding hydrogens is 350 g/mol. The van der Waals surface area contributed by atoms with Crippen molar-refractivity contribution in [2.24, 2.45) is 0 Å². The third-order valence-electron chi connectivity index (χ3n) is 4.29. The number of carbonyl (C=O) groups is 1. The van der Waals surface area contributed by atoms with Crippen LogP contribution < -0.4 is 0 Å². The van der Waals surface area contributed by atoms with Crippen LogP contribution in [0.1, 0.15) is 32.9 Å². The smallest absolute Gasteiger partial charge is 0.335 e. The maximum Gasteiger partial charge on any atom is 0.335 e. The largest absolute Gasteiger partial charge is 0.478 e. The van der Waals surface area contributed by atoms with Gasteiger partial charge in [-0.25, -0.2) is 4.79 Å². The molecule has 5 nitrogen and oxygen atoms in total. The van der Waals surface area contributed by atoms with Gasteiger partial charge in [0.2, 0.25) is 0 Å². The Morgan fingerprint density at radius 3 is 2.50 bits per heavy atom. The van der Waals surface area contributed by atoms with E-state index in [9.17, 15) is 4.79 Å². The van der Waals surface area contributed by atoms with Crippen LogP contribution in [0, 0.1) is 25.2 Å². The molecular formula is C20H16ClN3O2. The minimum Gasteiger partial charge on any atom is -0.478 e. The Labute approximate surface area is 156 Å². The summed E-state index contributed by atoms with van der Waals surface area (Å²) in [5.74, 6) is -0.942. The van der Waals surface area contributed by atoms with Gasteiger partial charge in [0.15, 0.2) is 0 Å². The fourth-order valence-electron chi connectivity index (χ4n) is 2.96. The molecule has 1 heterocycles. The number of nitriles is 1. The number of aryl methyl sites for hydroxylation is 1. The molecule has 1 aromatic heterocycles. The van der Waals surface area contributed by atoms with Gasteiger partial charge in [-0.15, -0.1) is 0 Å². The monoisotopic (exact) mass is 365 g/mol. The van der Waals surface area contributed by atoms with Gasteiger partial charge in [0.1, 0.15) is 6.07 Å². The molecule has 0 amide bonds. The summed E-state index contributed by atoms with van der Waals surface area (Å²) >= 11 is 6.16. The van der Waals surface area contributed by atoms with Crippen LogP contribution in [-0.2, 0) is 6.54 Å². The van der Waals surface area contributed by atoms with E-state index in [1.807, 2.05) is 24.6 Å². The summed E-state index contributed by atoms with van der Waals surface area (Å²) in [5, 5.41) is 23.0. The van der Waals surface area contributed by atoms with Crippen LogP contribution in [0.15, 0.2) is 42.5 Å². The molecule has 0 aliphatic rings. The lowest BCUT2D eigenvalue weighted by Gasteiger charge is -2.07. The van der Waals surface area contributed by atoms with Crippen molar-refractivity contribution in [3.8, 4) is 17.2 Å². The first-order valence-electron chi connectivity index (χ1n) is 7.97. The standard InChI is InChI=1S/C20H16ClN3O2/c1-12-19(16-7-8-17(10-22)18(21)9-16)13(2)24(23-12)11-14-3-5-15(6-4-14)20(25)26/h3-9H,11H2,1-2H3,(H,25,26). The predicted molar refractivity (Wildman–Crippen MR) is 99.4 cm³/mol. The normalized spacial score (nSPS) is 10.5. The summed E-state index contributed by atoms with van der Waals surface area (Å²) in [7, 11) is 0. The van der Waals surface area contributed by atoms with E-state index in [1.54, 1.807) is 36.4 Å². The topological polar surface area (TPSA) is 78.9 Å². The lowest BCUT2D eigenvalue weighted by atomic mass is 10.0. The fourth-order valence-corrected chi connectivity index (χ4v) is 3.18. The lowest BCUT2D eigenvalue weighted by molar-refractivity contribution is 0.0697. The molecule has 0 spiro atoms. The van der Waals surface area contributed by atoms with Gasteiger partial charge in [-0.1, -0.05) is 29.8 Å². The number of benzene rings is 2. The van der Waals surface area contributed by atoms with Crippen molar-refractivity contribution >= 4 is 17.6 Å². The zero-order valence-electron chi connectivity index (χ0n) is 14.3. The van der Waals surface area contributed by atoms with E-state index in [-0.39, 0.29) is 5.56 Å². The maximum absolute atomic E-state index is 11.0.